The minimum Gasteiger partial charge on any atom is -0.394 e. The molecule has 0 aromatic heterocycles. The van der Waals surface area contributed by atoms with E-state index in [1.165, 1.54) is 0 Å². The quantitative estimate of drug-likeness (QED) is 0.346. The first-order chi connectivity index (χ1) is 3.46. The Hall–Kier alpha value is 0.270. The average molecular weight is 142 g/mol. The third kappa shape index (κ3) is 2390. The highest BCUT2D eigenvalue weighted by Gasteiger charge is 1.76. The van der Waals surface area contributed by atoms with E-state index in [-0.39, 0.29) is 6.10 Å². The average Bonchev–Trinajstić information content (AvgIpc) is 1.25. The lowest BCUT2D eigenvalue weighted by Crippen LogP contribution is -1.85. The zero-order chi connectivity index (χ0) is 7.15. The maximum absolute atomic E-state index is 8.06. The number of aliphatic hydroxyl groups is 1. The molecule has 0 aromatic carbocycles. The highest BCUT2D eigenvalue weighted by atomic mass is 31.2. The monoisotopic (exact) mass is 142 g/mol. The van der Waals surface area contributed by atoms with Crippen LogP contribution in [-0.4, -0.2) is 25.9 Å². The molecule has 0 spiro atoms. The molecule has 0 atom stereocenters. The lowest BCUT2D eigenvalue weighted by Gasteiger charge is -1.80. The van der Waals surface area contributed by atoms with Crippen LogP contribution >= 0.6 is 8.60 Å². The minimum atomic E-state index is -2.62. The van der Waals surface area contributed by atoms with E-state index in [4.69, 9.17) is 19.8 Å². The van der Waals surface area contributed by atoms with Gasteiger partial charge in [-0.25, -0.2) is 0 Å². The molecule has 0 radical (unpaired) electrons. The second-order valence-corrected chi connectivity index (χ2v) is 1.90. The van der Waals surface area contributed by atoms with Gasteiger partial charge < -0.3 is 19.8 Å². The van der Waals surface area contributed by atoms with Crippen LogP contribution in [0.15, 0.2) is 0 Å². The van der Waals surface area contributed by atoms with Crippen molar-refractivity contribution in [3.63, 3.8) is 0 Å². The van der Waals surface area contributed by atoms with Gasteiger partial charge in [-0.15, -0.1) is 0 Å². The number of hydrogen-bond acceptors (Lipinski definition) is 4. The Balaban J connectivity index is 0. The van der Waals surface area contributed by atoms with E-state index in [9.17, 15) is 0 Å². The first kappa shape index (κ1) is 11.1. The lowest BCUT2D eigenvalue weighted by molar-refractivity contribution is 0.216. The molecule has 0 bridgehead atoms. The van der Waals surface area contributed by atoms with Crippen LogP contribution in [0.3, 0.4) is 0 Å². The van der Waals surface area contributed by atoms with Gasteiger partial charge in [0.05, 0.1) is 0 Å². The van der Waals surface area contributed by atoms with Crippen molar-refractivity contribution in [3.05, 3.63) is 0 Å². The van der Waals surface area contributed by atoms with Crippen LogP contribution in [0.2, 0.25) is 0 Å². The third-order valence-electron chi connectivity index (χ3n) is 0. The highest BCUT2D eigenvalue weighted by Crippen LogP contribution is 2.11. The Labute approximate surface area is 49.4 Å². The fourth-order valence-corrected chi connectivity index (χ4v) is 0. The van der Waals surface area contributed by atoms with Crippen molar-refractivity contribution >= 4 is 8.60 Å². The van der Waals surface area contributed by atoms with Crippen molar-refractivity contribution in [1.29, 1.82) is 0 Å². The molecule has 0 saturated carbocycles. The fourth-order valence-electron chi connectivity index (χ4n) is 0. The van der Waals surface area contributed by atoms with Crippen molar-refractivity contribution in [2.24, 2.45) is 0 Å². The van der Waals surface area contributed by atoms with E-state index >= 15 is 0 Å². The van der Waals surface area contributed by atoms with Gasteiger partial charge in [0.15, 0.2) is 0 Å². The van der Waals surface area contributed by atoms with E-state index in [2.05, 4.69) is 0 Å². The summed E-state index contributed by atoms with van der Waals surface area (Å²) in [5, 5.41) is 8.06. The predicted molar refractivity (Wildman–Crippen MR) is 30.9 cm³/mol. The van der Waals surface area contributed by atoms with E-state index in [1.807, 2.05) is 0 Å². The topological polar surface area (TPSA) is 80.9 Å². The summed E-state index contributed by atoms with van der Waals surface area (Å²) in [5.41, 5.74) is 0. The van der Waals surface area contributed by atoms with E-state index in [1.54, 1.807) is 13.8 Å². The van der Waals surface area contributed by atoms with Crippen molar-refractivity contribution in [2.45, 2.75) is 20.0 Å². The maximum atomic E-state index is 8.06. The Bertz CT molecular complexity index is 26.8. The molecular weight excluding hydrogens is 131 g/mol. The summed E-state index contributed by atoms with van der Waals surface area (Å²) in [6.45, 7) is 3.44. The van der Waals surface area contributed by atoms with Crippen molar-refractivity contribution in [1.82, 2.24) is 0 Å². The maximum Gasteiger partial charge on any atom is 0.324 e. The predicted octanol–water partition coefficient (Wildman–Crippen LogP) is -0.423. The highest BCUT2D eigenvalue weighted by molar-refractivity contribution is 7.38. The lowest BCUT2D eigenvalue weighted by atomic mass is 10.5. The number of hydrogen-bond donors (Lipinski definition) is 4. The van der Waals surface area contributed by atoms with Crippen LogP contribution in [0, 0.1) is 0 Å². The summed E-state index contributed by atoms with van der Waals surface area (Å²) < 4.78 is 0. The Morgan fingerprint density at radius 3 is 1.12 bits per heavy atom. The van der Waals surface area contributed by atoms with Gasteiger partial charge in [-0.3, -0.25) is 0 Å². The first-order valence-electron chi connectivity index (χ1n) is 2.01. The van der Waals surface area contributed by atoms with Crippen LogP contribution in [0.5, 0.6) is 0 Å². The van der Waals surface area contributed by atoms with Crippen LogP contribution in [0.4, 0.5) is 0 Å². The minimum absolute atomic E-state index is 0.167. The number of aliphatic hydroxyl groups excluding tert-OH is 1. The van der Waals surface area contributed by atoms with Crippen LogP contribution < -0.4 is 0 Å². The summed E-state index contributed by atoms with van der Waals surface area (Å²) in [6, 6.07) is 0. The smallest absolute Gasteiger partial charge is 0.324 e. The molecule has 0 saturated heterocycles. The van der Waals surface area contributed by atoms with Gasteiger partial charge in [0.1, 0.15) is 0 Å². The molecule has 4 nitrogen and oxygen atoms in total. The Kier molecular flexibility index (Phi) is 10.1. The Morgan fingerprint density at radius 2 is 1.12 bits per heavy atom. The molecule has 52 valence electrons. The summed E-state index contributed by atoms with van der Waals surface area (Å²) in [5.74, 6) is 0. The van der Waals surface area contributed by atoms with Gasteiger partial charge >= 0.3 is 8.60 Å². The summed E-state index contributed by atoms with van der Waals surface area (Å²) >= 11 is 0. The molecule has 0 aliphatic rings. The molecule has 0 aliphatic heterocycles. The van der Waals surface area contributed by atoms with Crippen LogP contribution in [0.1, 0.15) is 13.8 Å². The fraction of sp³-hybridized carbons (Fsp3) is 1.00. The molecule has 5 heteroatoms. The molecule has 0 heterocycles. The Morgan fingerprint density at radius 1 is 1.12 bits per heavy atom. The number of rotatable bonds is 0. The first-order valence-corrected chi connectivity index (χ1v) is 3.21. The zero-order valence-corrected chi connectivity index (χ0v) is 5.71. The molecule has 0 unspecified atom stereocenters. The van der Waals surface area contributed by atoms with E-state index in [0.29, 0.717) is 0 Å². The molecule has 0 aliphatic carbocycles. The molecule has 0 amide bonds. The molecular formula is C3H11O4P. The van der Waals surface area contributed by atoms with Crippen LogP contribution in [-0.2, 0) is 0 Å². The van der Waals surface area contributed by atoms with Crippen molar-refractivity contribution in [3.8, 4) is 0 Å². The zero-order valence-electron chi connectivity index (χ0n) is 4.81. The SMILES string of the molecule is CC(C)O.OP(O)O. The molecule has 4 N–H and O–H groups in total. The summed E-state index contributed by atoms with van der Waals surface area (Å²) in [6.07, 6.45) is -0.167. The van der Waals surface area contributed by atoms with Crippen molar-refractivity contribution in [2.75, 3.05) is 0 Å². The second-order valence-electron chi connectivity index (χ2n) is 1.36. The molecule has 0 rings (SSSR count). The molecule has 8 heavy (non-hydrogen) atoms. The molecule has 0 fully saturated rings. The van der Waals surface area contributed by atoms with E-state index < -0.39 is 8.60 Å². The normalized spacial score (nSPS) is 9.00. The third-order valence-corrected chi connectivity index (χ3v) is 0. The summed E-state index contributed by atoms with van der Waals surface area (Å²) in [7, 11) is -2.62. The van der Waals surface area contributed by atoms with Gasteiger partial charge in [0.25, 0.3) is 0 Å². The summed E-state index contributed by atoms with van der Waals surface area (Å²) in [4.78, 5) is 21.7. The van der Waals surface area contributed by atoms with Gasteiger partial charge in [-0.05, 0) is 13.8 Å². The van der Waals surface area contributed by atoms with Crippen LogP contribution in [0.25, 0.3) is 0 Å². The standard InChI is InChI=1S/C3H8O.H3O3P/c1-3(2)4;1-4(2)3/h3-4H,1-2H3;1-3H. The second kappa shape index (κ2) is 7.27. The van der Waals surface area contributed by atoms with Crippen molar-refractivity contribution < 1.29 is 19.8 Å². The van der Waals surface area contributed by atoms with E-state index in [0.717, 1.165) is 0 Å². The largest absolute Gasteiger partial charge is 0.394 e. The van der Waals surface area contributed by atoms with Gasteiger partial charge in [0, 0.05) is 6.10 Å². The van der Waals surface area contributed by atoms with Gasteiger partial charge in [0.2, 0.25) is 0 Å². The van der Waals surface area contributed by atoms with Gasteiger partial charge in [-0.1, -0.05) is 0 Å². The van der Waals surface area contributed by atoms with Gasteiger partial charge in [-0.2, -0.15) is 0 Å². The molecule has 0 aromatic rings.